The van der Waals surface area contributed by atoms with Crippen LogP contribution < -0.4 is 0 Å². The van der Waals surface area contributed by atoms with Gasteiger partial charge in [-0.2, -0.15) is 0 Å². The zero-order valence-electron chi connectivity index (χ0n) is 10.0. The van der Waals surface area contributed by atoms with Gasteiger partial charge in [-0.25, -0.2) is 0 Å². The maximum atomic E-state index is 9.13. The van der Waals surface area contributed by atoms with Crippen LogP contribution in [0.25, 0.3) is 0 Å². The Balaban J connectivity index is 0.00000225. The summed E-state index contributed by atoms with van der Waals surface area (Å²) in [6.45, 7) is 2.25. The molecule has 0 aliphatic heterocycles. The van der Waals surface area contributed by atoms with Crippen molar-refractivity contribution in [2.24, 2.45) is 0 Å². The SMILES string of the molecule is CCCCCCCCc1ccc(O)cc1.[Ni]. The van der Waals surface area contributed by atoms with Crippen LogP contribution in [0.4, 0.5) is 0 Å². The van der Waals surface area contributed by atoms with Gasteiger partial charge in [0.2, 0.25) is 0 Å². The van der Waals surface area contributed by atoms with Gasteiger partial charge in [-0.3, -0.25) is 0 Å². The van der Waals surface area contributed by atoms with E-state index in [9.17, 15) is 0 Å². The van der Waals surface area contributed by atoms with E-state index in [1.54, 1.807) is 12.1 Å². The van der Waals surface area contributed by atoms with Gasteiger partial charge in [0.05, 0.1) is 0 Å². The summed E-state index contributed by atoms with van der Waals surface area (Å²) in [4.78, 5) is 0. The molecule has 0 unspecified atom stereocenters. The smallest absolute Gasteiger partial charge is 0.115 e. The molecule has 2 heteroatoms. The van der Waals surface area contributed by atoms with Gasteiger partial charge < -0.3 is 5.11 Å². The first-order valence-electron chi connectivity index (χ1n) is 6.11. The first-order chi connectivity index (χ1) is 7.33. The third-order valence-electron chi connectivity index (χ3n) is 2.76. The van der Waals surface area contributed by atoms with Crippen molar-refractivity contribution in [3.05, 3.63) is 29.8 Å². The average molecular weight is 265 g/mol. The Hall–Kier alpha value is -0.486. The molecule has 0 atom stereocenters. The summed E-state index contributed by atoms with van der Waals surface area (Å²) in [7, 11) is 0. The van der Waals surface area contributed by atoms with Crippen molar-refractivity contribution in [1.29, 1.82) is 0 Å². The number of phenols is 1. The number of rotatable bonds is 7. The van der Waals surface area contributed by atoms with Gasteiger partial charge in [-0.15, -0.1) is 0 Å². The second-order valence-corrected chi connectivity index (χ2v) is 4.18. The van der Waals surface area contributed by atoms with Crippen molar-refractivity contribution in [3.8, 4) is 5.75 Å². The molecule has 0 saturated heterocycles. The molecule has 0 bridgehead atoms. The summed E-state index contributed by atoms with van der Waals surface area (Å²) >= 11 is 0. The molecule has 0 radical (unpaired) electrons. The van der Waals surface area contributed by atoms with Crippen LogP contribution in [0.15, 0.2) is 24.3 Å². The Morgan fingerprint density at radius 2 is 1.44 bits per heavy atom. The summed E-state index contributed by atoms with van der Waals surface area (Å²) in [6.07, 6.45) is 9.19. The molecular weight excluding hydrogens is 243 g/mol. The molecule has 0 heterocycles. The molecule has 1 nitrogen and oxygen atoms in total. The fourth-order valence-corrected chi connectivity index (χ4v) is 1.77. The molecule has 1 aromatic carbocycles. The molecular formula is C14H22NiO. The van der Waals surface area contributed by atoms with Crippen LogP contribution in [-0.4, -0.2) is 5.11 Å². The third kappa shape index (κ3) is 6.90. The van der Waals surface area contributed by atoms with E-state index in [4.69, 9.17) is 5.11 Å². The largest absolute Gasteiger partial charge is 0.508 e. The molecule has 16 heavy (non-hydrogen) atoms. The fraction of sp³-hybridized carbons (Fsp3) is 0.571. The van der Waals surface area contributed by atoms with Gasteiger partial charge >= 0.3 is 0 Å². The first kappa shape index (κ1) is 15.5. The van der Waals surface area contributed by atoms with E-state index in [1.165, 1.54) is 44.1 Å². The zero-order valence-corrected chi connectivity index (χ0v) is 11.0. The minimum atomic E-state index is 0. The molecule has 1 rings (SSSR count). The number of unbranched alkanes of at least 4 members (excludes halogenated alkanes) is 5. The zero-order chi connectivity index (χ0) is 10.9. The number of phenolic OH excluding ortho intramolecular Hbond substituents is 1. The van der Waals surface area contributed by atoms with Crippen molar-refractivity contribution in [3.63, 3.8) is 0 Å². The average Bonchev–Trinajstić information content (AvgIpc) is 2.26. The van der Waals surface area contributed by atoms with E-state index in [-0.39, 0.29) is 16.5 Å². The Morgan fingerprint density at radius 1 is 0.875 bits per heavy atom. The number of benzene rings is 1. The molecule has 1 N–H and O–H groups in total. The second-order valence-electron chi connectivity index (χ2n) is 4.18. The van der Waals surface area contributed by atoms with Gasteiger partial charge in [-0.05, 0) is 30.5 Å². The minimum absolute atomic E-state index is 0. The van der Waals surface area contributed by atoms with Crippen LogP contribution in [0.1, 0.15) is 51.0 Å². The van der Waals surface area contributed by atoms with Gasteiger partial charge in [-0.1, -0.05) is 51.2 Å². The molecule has 0 amide bonds. The normalized spacial score (nSPS) is 9.81. The summed E-state index contributed by atoms with van der Waals surface area (Å²) in [5.41, 5.74) is 1.34. The standard InChI is InChI=1S/C14H22O.Ni/c1-2-3-4-5-6-7-8-13-9-11-14(15)12-10-13;/h9-12,15H,2-8H2,1H3;. The number of aryl methyl sites for hydroxylation is 1. The maximum absolute atomic E-state index is 9.13. The molecule has 0 aliphatic carbocycles. The summed E-state index contributed by atoms with van der Waals surface area (Å²) in [6, 6.07) is 7.57. The van der Waals surface area contributed by atoms with Crippen molar-refractivity contribution in [2.75, 3.05) is 0 Å². The van der Waals surface area contributed by atoms with Gasteiger partial charge in [0.1, 0.15) is 5.75 Å². The van der Waals surface area contributed by atoms with E-state index in [2.05, 4.69) is 6.92 Å². The molecule has 0 aliphatic rings. The topological polar surface area (TPSA) is 20.2 Å². The fourth-order valence-electron chi connectivity index (χ4n) is 1.77. The van der Waals surface area contributed by atoms with Gasteiger partial charge in [0, 0.05) is 16.5 Å². The quantitative estimate of drug-likeness (QED) is 0.575. The van der Waals surface area contributed by atoms with Crippen molar-refractivity contribution >= 4 is 0 Å². The van der Waals surface area contributed by atoms with Crippen molar-refractivity contribution in [2.45, 2.75) is 51.9 Å². The Kier molecular flexibility index (Phi) is 9.42. The summed E-state index contributed by atoms with van der Waals surface area (Å²) in [5.74, 6) is 0.363. The van der Waals surface area contributed by atoms with E-state index < -0.39 is 0 Å². The molecule has 94 valence electrons. The molecule has 0 spiro atoms. The Morgan fingerprint density at radius 3 is 2.06 bits per heavy atom. The monoisotopic (exact) mass is 264 g/mol. The number of aromatic hydroxyl groups is 1. The Bertz CT molecular complexity index is 256. The van der Waals surface area contributed by atoms with Crippen LogP contribution in [-0.2, 0) is 22.9 Å². The van der Waals surface area contributed by atoms with Crippen LogP contribution in [0.2, 0.25) is 0 Å². The van der Waals surface area contributed by atoms with Crippen LogP contribution in [0, 0.1) is 0 Å². The summed E-state index contributed by atoms with van der Waals surface area (Å²) < 4.78 is 0. The number of hydrogen-bond donors (Lipinski definition) is 1. The van der Waals surface area contributed by atoms with Crippen LogP contribution >= 0.6 is 0 Å². The molecule has 1 aromatic rings. The van der Waals surface area contributed by atoms with Gasteiger partial charge in [0.25, 0.3) is 0 Å². The van der Waals surface area contributed by atoms with E-state index in [0.717, 1.165) is 6.42 Å². The predicted molar refractivity (Wildman–Crippen MR) is 65.2 cm³/mol. The molecule has 0 fully saturated rings. The van der Waals surface area contributed by atoms with E-state index in [0.29, 0.717) is 5.75 Å². The second kappa shape index (κ2) is 9.72. The Labute approximate surface area is 109 Å². The molecule has 0 saturated carbocycles. The van der Waals surface area contributed by atoms with Crippen molar-refractivity contribution < 1.29 is 21.6 Å². The van der Waals surface area contributed by atoms with E-state index in [1.807, 2.05) is 12.1 Å². The first-order valence-corrected chi connectivity index (χ1v) is 6.11. The minimum Gasteiger partial charge on any atom is -0.508 e. The summed E-state index contributed by atoms with van der Waals surface area (Å²) in [5, 5.41) is 9.13. The van der Waals surface area contributed by atoms with Gasteiger partial charge in [0.15, 0.2) is 0 Å². The predicted octanol–water partition coefficient (Wildman–Crippen LogP) is 4.29. The van der Waals surface area contributed by atoms with Crippen molar-refractivity contribution in [1.82, 2.24) is 0 Å². The third-order valence-corrected chi connectivity index (χ3v) is 2.76. The molecule has 0 aromatic heterocycles. The van der Waals surface area contributed by atoms with Crippen LogP contribution in [0.3, 0.4) is 0 Å². The van der Waals surface area contributed by atoms with Crippen LogP contribution in [0.5, 0.6) is 5.75 Å². The number of hydrogen-bond acceptors (Lipinski definition) is 1. The maximum Gasteiger partial charge on any atom is 0.115 e. The van der Waals surface area contributed by atoms with E-state index >= 15 is 0 Å².